The van der Waals surface area contributed by atoms with Gasteiger partial charge in [-0.05, 0) is 43.9 Å². The highest BCUT2D eigenvalue weighted by molar-refractivity contribution is 5.88. The van der Waals surface area contributed by atoms with E-state index in [1.54, 1.807) is 0 Å². The van der Waals surface area contributed by atoms with Crippen molar-refractivity contribution in [1.82, 2.24) is 9.47 Å². The molecule has 1 aromatic heterocycles. The van der Waals surface area contributed by atoms with E-state index < -0.39 is 0 Å². The number of piperidine rings is 1. The third-order valence-corrected chi connectivity index (χ3v) is 4.54. The van der Waals surface area contributed by atoms with Crippen molar-refractivity contribution in [1.29, 1.82) is 0 Å². The minimum atomic E-state index is 0.222. The molecule has 0 bridgehead atoms. The van der Waals surface area contributed by atoms with Crippen LogP contribution in [0.15, 0.2) is 30.5 Å². The van der Waals surface area contributed by atoms with Crippen molar-refractivity contribution in [3.05, 3.63) is 30.5 Å². The number of unbranched alkanes of at least 4 members (excludes halogenated alkanes) is 1. The number of carbonyl (C=O) groups excluding carboxylic acids is 1. The monoisotopic (exact) mass is 314 g/mol. The molecule has 2 heterocycles. The molecule has 0 atom stereocenters. The predicted molar refractivity (Wildman–Crippen MR) is 92.8 cm³/mol. The lowest BCUT2D eigenvalue weighted by molar-refractivity contribution is -0.132. The van der Waals surface area contributed by atoms with Crippen LogP contribution in [0.3, 0.4) is 0 Å². The van der Waals surface area contributed by atoms with Crippen LogP contribution < -0.4 is 4.74 Å². The maximum Gasteiger partial charge on any atom is 0.242 e. The summed E-state index contributed by atoms with van der Waals surface area (Å²) in [5.41, 5.74) is 1.07. The van der Waals surface area contributed by atoms with Crippen molar-refractivity contribution in [2.75, 3.05) is 19.7 Å². The fraction of sp³-hybridized carbons (Fsp3) is 0.526. The molecule has 0 radical (unpaired) electrons. The van der Waals surface area contributed by atoms with Crippen LogP contribution in [0.25, 0.3) is 10.9 Å². The standard InChI is InChI=1S/C19H26N2O2/c1-2-3-14-23-18-9-7-8-17-16(18)10-13-21(17)15-19(22)20-11-5-4-6-12-20/h7-10,13H,2-6,11-12,14-15H2,1H3. The summed E-state index contributed by atoms with van der Waals surface area (Å²) < 4.78 is 7.93. The molecular weight excluding hydrogens is 288 g/mol. The molecule has 2 aromatic rings. The zero-order chi connectivity index (χ0) is 16.1. The lowest BCUT2D eigenvalue weighted by atomic mass is 10.1. The van der Waals surface area contributed by atoms with E-state index in [1.807, 2.05) is 27.8 Å². The Labute approximate surface area is 138 Å². The van der Waals surface area contributed by atoms with Crippen molar-refractivity contribution >= 4 is 16.8 Å². The van der Waals surface area contributed by atoms with Crippen molar-refractivity contribution in [3.63, 3.8) is 0 Å². The minimum absolute atomic E-state index is 0.222. The maximum atomic E-state index is 12.5. The van der Waals surface area contributed by atoms with Crippen LogP contribution in [0.5, 0.6) is 5.75 Å². The van der Waals surface area contributed by atoms with Crippen LogP contribution >= 0.6 is 0 Å². The van der Waals surface area contributed by atoms with Crippen LogP contribution in [-0.4, -0.2) is 35.1 Å². The fourth-order valence-electron chi connectivity index (χ4n) is 3.17. The zero-order valence-corrected chi connectivity index (χ0v) is 14.0. The molecular formula is C19H26N2O2. The number of rotatable bonds is 6. The Morgan fingerprint density at radius 2 is 2.00 bits per heavy atom. The van der Waals surface area contributed by atoms with Crippen LogP contribution in [0.4, 0.5) is 0 Å². The normalized spacial score (nSPS) is 15.1. The SMILES string of the molecule is CCCCOc1cccc2c1ccn2CC(=O)N1CCCCC1. The van der Waals surface area contributed by atoms with Crippen LogP contribution in [-0.2, 0) is 11.3 Å². The van der Waals surface area contributed by atoms with Gasteiger partial charge in [0.05, 0.1) is 12.1 Å². The van der Waals surface area contributed by atoms with Gasteiger partial charge in [-0.1, -0.05) is 19.4 Å². The highest BCUT2D eigenvalue weighted by atomic mass is 16.5. The summed E-state index contributed by atoms with van der Waals surface area (Å²) in [6, 6.07) is 8.13. The van der Waals surface area contributed by atoms with Gasteiger partial charge in [-0.25, -0.2) is 0 Å². The number of hydrogen-bond acceptors (Lipinski definition) is 2. The number of aromatic nitrogens is 1. The molecule has 0 saturated carbocycles. The quantitative estimate of drug-likeness (QED) is 0.759. The summed E-state index contributed by atoms with van der Waals surface area (Å²) in [6.07, 6.45) is 7.70. The maximum absolute atomic E-state index is 12.5. The molecule has 4 nitrogen and oxygen atoms in total. The van der Waals surface area contributed by atoms with Crippen molar-refractivity contribution in [2.45, 2.75) is 45.6 Å². The van der Waals surface area contributed by atoms with Crippen LogP contribution in [0.1, 0.15) is 39.0 Å². The first-order valence-corrected chi connectivity index (χ1v) is 8.78. The molecule has 4 heteroatoms. The molecule has 1 fully saturated rings. The average Bonchev–Trinajstić information content (AvgIpc) is 3.00. The smallest absolute Gasteiger partial charge is 0.242 e. The predicted octanol–water partition coefficient (Wildman–Crippen LogP) is 3.83. The second-order valence-electron chi connectivity index (χ2n) is 6.28. The Balaban J connectivity index is 1.74. The van der Waals surface area contributed by atoms with Crippen LogP contribution in [0.2, 0.25) is 0 Å². The molecule has 1 aliphatic heterocycles. The van der Waals surface area contributed by atoms with E-state index in [1.165, 1.54) is 6.42 Å². The summed E-state index contributed by atoms with van der Waals surface area (Å²) >= 11 is 0. The van der Waals surface area contributed by atoms with Crippen molar-refractivity contribution in [3.8, 4) is 5.75 Å². The molecule has 124 valence electrons. The van der Waals surface area contributed by atoms with Gasteiger partial charge in [-0.2, -0.15) is 0 Å². The van der Waals surface area contributed by atoms with Gasteiger partial charge in [0, 0.05) is 24.7 Å². The largest absolute Gasteiger partial charge is 0.493 e. The first kappa shape index (κ1) is 15.9. The number of carbonyl (C=O) groups is 1. The topological polar surface area (TPSA) is 34.5 Å². The van der Waals surface area contributed by atoms with E-state index in [2.05, 4.69) is 19.1 Å². The Morgan fingerprint density at radius 3 is 2.78 bits per heavy atom. The molecule has 1 saturated heterocycles. The number of nitrogens with zero attached hydrogens (tertiary/aromatic N) is 2. The Hall–Kier alpha value is -1.97. The molecule has 1 aromatic carbocycles. The number of likely N-dealkylation sites (tertiary alicyclic amines) is 1. The van der Waals surface area contributed by atoms with Gasteiger partial charge in [0.15, 0.2) is 0 Å². The molecule has 0 N–H and O–H groups in total. The van der Waals surface area contributed by atoms with Gasteiger partial charge in [0.1, 0.15) is 12.3 Å². The molecule has 0 aliphatic carbocycles. The third-order valence-electron chi connectivity index (χ3n) is 4.54. The van der Waals surface area contributed by atoms with Gasteiger partial charge in [-0.15, -0.1) is 0 Å². The second-order valence-corrected chi connectivity index (χ2v) is 6.28. The molecule has 1 amide bonds. The molecule has 0 unspecified atom stereocenters. The van der Waals surface area contributed by atoms with E-state index in [0.717, 1.165) is 62.0 Å². The molecule has 0 spiro atoms. The lowest BCUT2D eigenvalue weighted by Crippen LogP contribution is -2.37. The molecule has 1 aliphatic rings. The van der Waals surface area contributed by atoms with Crippen LogP contribution in [0, 0.1) is 0 Å². The number of hydrogen-bond donors (Lipinski definition) is 0. The first-order chi connectivity index (χ1) is 11.3. The summed E-state index contributed by atoms with van der Waals surface area (Å²) in [7, 11) is 0. The Kier molecular flexibility index (Phi) is 5.21. The summed E-state index contributed by atoms with van der Waals surface area (Å²) in [5, 5.41) is 1.09. The van der Waals surface area contributed by atoms with E-state index in [9.17, 15) is 4.79 Å². The van der Waals surface area contributed by atoms with Crippen molar-refractivity contribution < 1.29 is 9.53 Å². The third kappa shape index (κ3) is 3.69. The Morgan fingerprint density at radius 1 is 1.17 bits per heavy atom. The van der Waals surface area contributed by atoms with Crippen molar-refractivity contribution in [2.24, 2.45) is 0 Å². The number of fused-ring (bicyclic) bond motifs is 1. The Bertz CT molecular complexity index is 656. The highest BCUT2D eigenvalue weighted by Crippen LogP contribution is 2.27. The number of benzene rings is 1. The zero-order valence-electron chi connectivity index (χ0n) is 14.0. The number of amides is 1. The van der Waals surface area contributed by atoms with E-state index in [-0.39, 0.29) is 5.91 Å². The van der Waals surface area contributed by atoms with Gasteiger partial charge in [-0.3, -0.25) is 4.79 Å². The summed E-state index contributed by atoms with van der Waals surface area (Å²) in [4.78, 5) is 14.5. The summed E-state index contributed by atoms with van der Waals surface area (Å²) in [6.45, 7) is 5.13. The fourth-order valence-corrected chi connectivity index (χ4v) is 3.17. The summed E-state index contributed by atoms with van der Waals surface area (Å²) in [5.74, 6) is 1.14. The number of ether oxygens (including phenoxy) is 1. The van der Waals surface area contributed by atoms with Gasteiger partial charge in [0.25, 0.3) is 0 Å². The minimum Gasteiger partial charge on any atom is -0.493 e. The van der Waals surface area contributed by atoms with E-state index in [4.69, 9.17) is 4.74 Å². The van der Waals surface area contributed by atoms with Gasteiger partial charge >= 0.3 is 0 Å². The second kappa shape index (κ2) is 7.53. The van der Waals surface area contributed by atoms with E-state index >= 15 is 0 Å². The molecule has 3 rings (SSSR count). The molecule has 23 heavy (non-hydrogen) atoms. The van der Waals surface area contributed by atoms with Gasteiger partial charge < -0.3 is 14.2 Å². The van der Waals surface area contributed by atoms with Gasteiger partial charge in [0.2, 0.25) is 5.91 Å². The highest BCUT2D eigenvalue weighted by Gasteiger charge is 2.17. The average molecular weight is 314 g/mol. The van der Waals surface area contributed by atoms with E-state index in [0.29, 0.717) is 6.54 Å². The first-order valence-electron chi connectivity index (χ1n) is 8.78. The lowest BCUT2D eigenvalue weighted by Gasteiger charge is -2.27.